The van der Waals surface area contributed by atoms with Gasteiger partial charge in [-0.3, -0.25) is 9.59 Å². The van der Waals surface area contributed by atoms with Crippen molar-refractivity contribution >= 4 is 11.8 Å². The Bertz CT molecular complexity index is 544. The molecule has 0 heterocycles. The zero-order valence-electron chi connectivity index (χ0n) is 14.5. The molecule has 0 aliphatic carbocycles. The number of nitrogens with one attached hydrogen (secondary N) is 1. The minimum absolute atomic E-state index is 0.200. The number of hydrogen-bond acceptors (Lipinski definition) is 2. The summed E-state index contributed by atoms with van der Waals surface area (Å²) in [7, 11) is 1.71. The fraction of sp³-hybridized carbons (Fsp3) is 0.556. The van der Waals surface area contributed by atoms with Gasteiger partial charge in [0.2, 0.25) is 11.8 Å². The average Bonchev–Trinajstić information content (AvgIpc) is 2.53. The first-order valence-corrected chi connectivity index (χ1v) is 8.08. The Labute approximate surface area is 138 Å². The summed E-state index contributed by atoms with van der Waals surface area (Å²) in [6.07, 6.45) is 2.30. The molecule has 0 aromatic heterocycles. The second-order valence-corrected chi connectivity index (χ2v) is 6.30. The molecule has 0 aliphatic heterocycles. The van der Waals surface area contributed by atoms with Gasteiger partial charge in [-0.2, -0.15) is 0 Å². The van der Waals surface area contributed by atoms with E-state index in [2.05, 4.69) is 12.2 Å². The molecule has 0 bridgehead atoms. The number of benzene rings is 1. The molecule has 128 valence electrons. The van der Waals surface area contributed by atoms with Gasteiger partial charge in [0, 0.05) is 20.1 Å². The summed E-state index contributed by atoms with van der Waals surface area (Å²) in [5.74, 6) is -0.812. The molecular weight excluding hydrogens is 295 g/mol. The lowest BCUT2D eigenvalue weighted by Gasteiger charge is -2.28. The Morgan fingerprint density at radius 3 is 2.52 bits per heavy atom. The minimum atomic E-state index is -1.13. The number of nitrogens with zero attached hydrogens (tertiary/aromatic N) is 1. The van der Waals surface area contributed by atoms with E-state index in [-0.39, 0.29) is 17.6 Å². The summed E-state index contributed by atoms with van der Waals surface area (Å²) in [6.45, 7) is 6.24. The zero-order valence-corrected chi connectivity index (χ0v) is 14.5. The molecule has 0 saturated heterocycles. The fourth-order valence-electron chi connectivity index (χ4n) is 2.30. The average molecular weight is 322 g/mol. The summed E-state index contributed by atoms with van der Waals surface area (Å²) in [6, 6.07) is 6.48. The molecule has 0 radical (unpaired) electrons. The lowest BCUT2D eigenvalue weighted by molar-refractivity contribution is -0.147. The van der Waals surface area contributed by atoms with Crippen LogP contribution in [-0.4, -0.2) is 36.9 Å². The van der Waals surface area contributed by atoms with E-state index in [0.717, 1.165) is 12.8 Å². The van der Waals surface area contributed by atoms with Crippen LogP contribution in [0.15, 0.2) is 24.3 Å². The number of carbonyl (C=O) groups is 2. The first-order valence-electron chi connectivity index (χ1n) is 8.08. The molecular formula is C18H27FN2O2. The van der Waals surface area contributed by atoms with Crippen LogP contribution in [0.1, 0.15) is 39.2 Å². The summed E-state index contributed by atoms with van der Waals surface area (Å²) >= 11 is 0. The van der Waals surface area contributed by atoms with Crippen LogP contribution in [0.5, 0.6) is 0 Å². The molecule has 0 aliphatic rings. The highest BCUT2D eigenvalue weighted by Gasteiger charge is 2.37. The van der Waals surface area contributed by atoms with Crippen molar-refractivity contribution in [1.29, 1.82) is 0 Å². The summed E-state index contributed by atoms with van der Waals surface area (Å²) in [4.78, 5) is 26.3. The van der Waals surface area contributed by atoms with Crippen LogP contribution in [0.2, 0.25) is 0 Å². The van der Waals surface area contributed by atoms with Gasteiger partial charge in [0.1, 0.15) is 11.2 Å². The third-order valence-electron chi connectivity index (χ3n) is 3.93. The van der Waals surface area contributed by atoms with Crippen molar-refractivity contribution in [1.82, 2.24) is 10.2 Å². The largest absolute Gasteiger partial charge is 0.355 e. The van der Waals surface area contributed by atoms with E-state index in [1.165, 1.54) is 6.07 Å². The second kappa shape index (κ2) is 8.65. The van der Waals surface area contributed by atoms with Gasteiger partial charge in [0.25, 0.3) is 0 Å². The third kappa shape index (κ3) is 5.34. The van der Waals surface area contributed by atoms with Gasteiger partial charge >= 0.3 is 0 Å². The Hall–Kier alpha value is -1.91. The highest BCUT2D eigenvalue weighted by atomic mass is 19.1. The van der Waals surface area contributed by atoms with Crippen molar-refractivity contribution in [3.8, 4) is 0 Å². The lowest BCUT2D eigenvalue weighted by Crippen LogP contribution is -2.49. The number of hydrogen-bond donors (Lipinski definition) is 1. The van der Waals surface area contributed by atoms with Crippen LogP contribution in [0.3, 0.4) is 0 Å². The summed E-state index contributed by atoms with van der Waals surface area (Å²) in [5, 5.41) is 2.74. The van der Waals surface area contributed by atoms with Crippen LogP contribution in [-0.2, 0) is 16.0 Å². The van der Waals surface area contributed by atoms with E-state index >= 15 is 0 Å². The van der Waals surface area contributed by atoms with Crippen LogP contribution >= 0.6 is 0 Å². The molecule has 5 heteroatoms. The van der Waals surface area contributed by atoms with E-state index in [9.17, 15) is 14.0 Å². The van der Waals surface area contributed by atoms with E-state index in [1.807, 2.05) is 0 Å². The predicted octanol–water partition coefficient (Wildman–Crippen LogP) is 2.77. The first kappa shape index (κ1) is 19.1. The standard InChI is InChI=1S/C18H27FN2O2/c1-5-6-13-21(4)17(23)18(2,3)16(22)20-12-11-14-9-7-8-10-15(14)19/h7-10H,5-6,11-13H2,1-4H3,(H,20,22). The monoisotopic (exact) mass is 322 g/mol. The number of rotatable bonds is 8. The molecule has 1 aromatic rings. The normalized spacial score (nSPS) is 11.2. The maximum absolute atomic E-state index is 13.5. The highest BCUT2D eigenvalue weighted by molar-refractivity contribution is 6.04. The van der Waals surface area contributed by atoms with E-state index in [4.69, 9.17) is 0 Å². The molecule has 0 unspecified atom stereocenters. The molecule has 0 atom stereocenters. The van der Waals surface area contributed by atoms with Crippen molar-refractivity contribution in [2.45, 2.75) is 40.0 Å². The summed E-state index contributed by atoms with van der Waals surface area (Å²) in [5.41, 5.74) is -0.574. The van der Waals surface area contributed by atoms with Gasteiger partial charge in [-0.05, 0) is 38.3 Å². The minimum Gasteiger partial charge on any atom is -0.355 e. The molecule has 1 aromatic carbocycles. The molecule has 4 nitrogen and oxygen atoms in total. The van der Waals surface area contributed by atoms with Crippen molar-refractivity contribution in [2.75, 3.05) is 20.1 Å². The quantitative estimate of drug-likeness (QED) is 0.748. The number of halogens is 1. The molecule has 0 fully saturated rings. The maximum atomic E-state index is 13.5. The number of unbranched alkanes of at least 4 members (excludes halogenated alkanes) is 1. The Kier molecular flexibility index (Phi) is 7.20. The van der Waals surface area contributed by atoms with E-state index in [0.29, 0.717) is 25.1 Å². The van der Waals surface area contributed by atoms with Gasteiger partial charge in [-0.15, -0.1) is 0 Å². The number of amides is 2. The maximum Gasteiger partial charge on any atom is 0.237 e. The SMILES string of the molecule is CCCCN(C)C(=O)C(C)(C)C(=O)NCCc1ccccc1F. The predicted molar refractivity (Wildman–Crippen MR) is 89.4 cm³/mol. The highest BCUT2D eigenvalue weighted by Crippen LogP contribution is 2.19. The molecule has 23 heavy (non-hydrogen) atoms. The van der Waals surface area contributed by atoms with Crippen LogP contribution in [0.4, 0.5) is 4.39 Å². The van der Waals surface area contributed by atoms with Crippen LogP contribution in [0, 0.1) is 11.2 Å². The van der Waals surface area contributed by atoms with Crippen molar-refractivity contribution in [3.05, 3.63) is 35.6 Å². The van der Waals surface area contributed by atoms with Gasteiger partial charge in [-0.1, -0.05) is 31.5 Å². The first-order chi connectivity index (χ1) is 10.8. The Morgan fingerprint density at radius 1 is 1.26 bits per heavy atom. The molecule has 0 spiro atoms. The topological polar surface area (TPSA) is 49.4 Å². The van der Waals surface area contributed by atoms with Crippen LogP contribution < -0.4 is 5.32 Å². The van der Waals surface area contributed by atoms with Crippen molar-refractivity contribution in [2.24, 2.45) is 5.41 Å². The smallest absolute Gasteiger partial charge is 0.237 e. The van der Waals surface area contributed by atoms with E-state index < -0.39 is 5.41 Å². The second-order valence-electron chi connectivity index (χ2n) is 6.30. The molecule has 1 rings (SSSR count). The molecule has 1 N–H and O–H groups in total. The lowest BCUT2D eigenvalue weighted by atomic mass is 9.90. The number of carbonyl (C=O) groups excluding carboxylic acids is 2. The Morgan fingerprint density at radius 2 is 1.91 bits per heavy atom. The van der Waals surface area contributed by atoms with E-state index in [1.54, 1.807) is 44.0 Å². The third-order valence-corrected chi connectivity index (χ3v) is 3.93. The molecule has 2 amide bonds. The van der Waals surface area contributed by atoms with Gasteiger partial charge < -0.3 is 10.2 Å². The zero-order chi connectivity index (χ0) is 17.5. The van der Waals surface area contributed by atoms with Gasteiger partial charge in [0.05, 0.1) is 0 Å². The Balaban J connectivity index is 2.55. The van der Waals surface area contributed by atoms with Gasteiger partial charge in [0.15, 0.2) is 0 Å². The van der Waals surface area contributed by atoms with Crippen molar-refractivity contribution in [3.63, 3.8) is 0 Å². The van der Waals surface area contributed by atoms with Crippen molar-refractivity contribution < 1.29 is 14.0 Å². The fourth-order valence-corrected chi connectivity index (χ4v) is 2.30. The van der Waals surface area contributed by atoms with Crippen LogP contribution in [0.25, 0.3) is 0 Å². The summed E-state index contributed by atoms with van der Waals surface area (Å²) < 4.78 is 13.5. The molecule has 0 saturated carbocycles. The van der Waals surface area contributed by atoms with Gasteiger partial charge in [-0.25, -0.2) is 4.39 Å².